The molecule has 0 atom stereocenters. The van der Waals surface area contributed by atoms with Gasteiger partial charge < -0.3 is 15.4 Å². The zero-order chi connectivity index (χ0) is 15.4. The number of hydrogen-bond donors (Lipinski definition) is 2. The number of amides is 1. The maximum atomic E-state index is 12.4. The molecule has 2 N–H and O–H groups in total. The van der Waals surface area contributed by atoms with Gasteiger partial charge in [0.05, 0.1) is 15.2 Å². The van der Waals surface area contributed by atoms with Crippen LogP contribution < -0.4 is 10.6 Å². The van der Waals surface area contributed by atoms with Crippen LogP contribution in [0.15, 0.2) is 24.3 Å². The van der Waals surface area contributed by atoms with Gasteiger partial charge in [-0.2, -0.15) is 0 Å². The Labute approximate surface area is 146 Å². The molecule has 0 unspecified atom stereocenters. The first kappa shape index (κ1) is 18.1. The van der Waals surface area contributed by atoms with Crippen molar-refractivity contribution in [2.24, 2.45) is 0 Å². The zero-order valence-electron chi connectivity index (χ0n) is 13.1. The van der Waals surface area contributed by atoms with Gasteiger partial charge in [-0.1, -0.05) is 12.1 Å². The minimum absolute atomic E-state index is 0. The number of nitrogens with zero attached hydrogens (tertiary/aromatic N) is 1. The highest BCUT2D eigenvalue weighted by atomic mass is 35.5. The zero-order valence-corrected chi connectivity index (χ0v) is 14.8. The van der Waals surface area contributed by atoms with Crippen LogP contribution in [0.5, 0.6) is 0 Å². The number of aromatic nitrogens is 1. The molecule has 1 amide bonds. The standard InChI is InChI=1S/C16H21N3O2S.ClH/c1-21-16(7-10-17-11-8-16)15(20)18-9-6-14-19-12-4-2-3-5-13(12)22-14;/h2-5,17H,6-11H2,1H3,(H,18,20);1H. The molecule has 0 saturated carbocycles. The summed E-state index contributed by atoms with van der Waals surface area (Å²) in [6.07, 6.45) is 2.19. The van der Waals surface area contributed by atoms with Crippen molar-refractivity contribution in [1.29, 1.82) is 0 Å². The van der Waals surface area contributed by atoms with E-state index in [1.165, 1.54) is 4.70 Å². The van der Waals surface area contributed by atoms with Crippen LogP contribution in [0.1, 0.15) is 17.8 Å². The maximum Gasteiger partial charge on any atom is 0.252 e. The van der Waals surface area contributed by atoms with Crippen molar-refractivity contribution in [1.82, 2.24) is 15.6 Å². The summed E-state index contributed by atoms with van der Waals surface area (Å²) in [6, 6.07) is 8.10. The van der Waals surface area contributed by atoms with Crippen LogP contribution in [0.25, 0.3) is 10.2 Å². The van der Waals surface area contributed by atoms with E-state index < -0.39 is 5.60 Å². The predicted octanol–water partition coefficient (Wildman–Crippen LogP) is 2.15. The lowest BCUT2D eigenvalue weighted by molar-refractivity contribution is -0.146. The van der Waals surface area contributed by atoms with Crippen molar-refractivity contribution >= 4 is 39.9 Å². The number of thiazole rings is 1. The number of carbonyl (C=O) groups is 1. The third kappa shape index (κ3) is 4.01. The van der Waals surface area contributed by atoms with E-state index in [0.29, 0.717) is 6.54 Å². The smallest absolute Gasteiger partial charge is 0.252 e. The predicted molar refractivity (Wildman–Crippen MR) is 95.4 cm³/mol. The average molecular weight is 356 g/mol. The van der Waals surface area contributed by atoms with E-state index in [1.807, 2.05) is 18.2 Å². The quantitative estimate of drug-likeness (QED) is 0.862. The number of methoxy groups -OCH3 is 1. The van der Waals surface area contributed by atoms with Crippen molar-refractivity contribution in [3.63, 3.8) is 0 Å². The molecule has 0 aliphatic carbocycles. The van der Waals surface area contributed by atoms with Gasteiger partial charge in [-0.25, -0.2) is 4.98 Å². The number of nitrogens with one attached hydrogen (secondary N) is 2. The molecule has 2 aromatic rings. The van der Waals surface area contributed by atoms with E-state index in [1.54, 1.807) is 18.4 Å². The summed E-state index contributed by atoms with van der Waals surface area (Å²) >= 11 is 1.69. The van der Waals surface area contributed by atoms with E-state index in [-0.39, 0.29) is 18.3 Å². The van der Waals surface area contributed by atoms with Gasteiger partial charge in [0.2, 0.25) is 0 Å². The van der Waals surface area contributed by atoms with Gasteiger partial charge in [0.25, 0.3) is 5.91 Å². The molecule has 0 bridgehead atoms. The van der Waals surface area contributed by atoms with Gasteiger partial charge in [-0.15, -0.1) is 23.7 Å². The summed E-state index contributed by atoms with van der Waals surface area (Å²) in [7, 11) is 1.62. The Morgan fingerprint density at radius 1 is 1.39 bits per heavy atom. The molecule has 0 spiro atoms. The summed E-state index contributed by atoms with van der Waals surface area (Å²) in [5, 5.41) is 7.32. The first-order valence-electron chi connectivity index (χ1n) is 7.62. The average Bonchev–Trinajstić information content (AvgIpc) is 2.98. The van der Waals surface area contributed by atoms with Gasteiger partial charge in [0.15, 0.2) is 0 Å². The van der Waals surface area contributed by atoms with Crippen LogP contribution in [-0.4, -0.2) is 43.2 Å². The Kier molecular flexibility index (Phi) is 6.35. The SMILES string of the molecule is COC1(C(=O)NCCc2nc3ccccc3s2)CCNCC1.Cl. The number of carbonyl (C=O) groups excluding carboxylic acids is 1. The molecule has 2 heterocycles. The van der Waals surface area contributed by atoms with E-state index >= 15 is 0 Å². The topological polar surface area (TPSA) is 63.2 Å². The second kappa shape index (κ2) is 8.06. The summed E-state index contributed by atoms with van der Waals surface area (Å²) in [6.45, 7) is 2.23. The van der Waals surface area contributed by atoms with E-state index in [2.05, 4.69) is 21.7 Å². The summed E-state index contributed by atoms with van der Waals surface area (Å²) in [5.41, 5.74) is 0.360. The Morgan fingerprint density at radius 2 is 2.13 bits per heavy atom. The van der Waals surface area contributed by atoms with Crippen molar-refractivity contribution < 1.29 is 9.53 Å². The number of rotatable bonds is 5. The number of para-hydroxylation sites is 1. The molecular weight excluding hydrogens is 334 g/mol. The fourth-order valence-corrected chi connectivity index (χ4v) is 3.79. The largest absolute Gasteiger partial charge is 0.368 e. The third-order valence-corrected chi connectivity index (χ3v) is 5.27. The minimum Gasteiger partial charge on any atom is -0.368 e. The molecule has 23 heavy (non-hydrogen) atoms. The normalized spacial score (nSPS) is 16.7. The molecule has 7 heteroatoms. The highest BCUT2D eigenvalue weighted by Gasteiger charge is 2.39. The van der Waals surface area contributed by atoms with E-state index in [4.69, 9.17) is 4.74 Å². The molecule has 1 saturated heterocycles. The van der Waals surface area contributed by atoms with Gasteiger partial charge in [0.1, 0.15) is 5.60 Å². The minimum atomic E-state index is -0.668. The van der Waals surface area contributed by atoms with Crippen molar-refractivity contribution in [2.75, 3.05) is 26.7 Å². The van der Waals surface area contributed by atoms with Crippen LogP contribution in [0, 0.1) is 0 Å². The first-order valence-corrected chi connectivity index (χ1v) is 8.44. The molecular formula is C16H22ClN3O2S. The number of ether oxygens (including phenoxy) is 1. The molecule has 126 valence electrons. The number of halogens is 1. The summed E-state index contributed by atoms with van der Waals surface area (Å²) in [5.74, 6) is -0.00221. The van der Waals surface area contributed by atoms with Crippen molar-refractivity contribution in [3.05, 3.63) is 29.3 Å². The van der Waals surface area contributed by atoms with Crippen LogP contribution in [0.4, 0.5) is 0 Å². The fraction of sp³-hybridized carbons (Fsp3) is 0.500. The van der Waals surface area contributed by atoms with Crippen LogP contribution in [-0.2, 0) is 16.0 Å². The maximum absolute atomic E-state index is 12.4. The Morgan fingerprint density at radius 3 is 2.83 bits per heavy atom. The highest BCUT2D eigenvalue weighted by molar-refractivity contribution is 7.18. The number of fused-ring (bicyclic) bond motifs is 1. The number of hydrogen-bond acceptors (Lipinski definition) is 5. The monoisotopic (exact) mass is 355 g/mol. The molecule has 3 rings (SSSR count). The number of benzene rings is 1. The van der Waals surface area contributed by atoms with Crippen LogP contribution in [0.3, 0.4) is 0 Å². The second-order valence-corrected chi connectivity index (χ2v) is 6.64. The van der Waals surface area contributed by atoms with Crippen LogP contribution in [0.2, 0.25) is 0 Å². The Hall–Kier alpha value is -1.21. The number of piperidine rings is 1. The summed E-state index contributed by atoms with van der Waals surface area (Å²) < 4.78 is 6.72. The van der Waals surface area contributed by atoms with Gasteiger partial charge in [-0.3, -0.25) is 4.79 Å². The lowest BCUT2D eigenvalue weighted by Crippen LogP contribution is -2.54. The van der Waals surface area contributed by atoms with Crippen molar-refractivity contribution in [2.45, 2.75) is 24.9 Å². The molecule has 1 fully saturated rings. The van der Waals surface area contributed by atoms with Gasteiger partial charge in [-0.05, 0) is 38.1 Å². The molecule has 1 aromatic carbocycles. The first-order chi connectivity index (χ1) is 10.7. The summed E-state index contributed by atoms with van der Waals surface area (Å²) in [4.78, 5) is 17.0. The third-order valence-electron chi connectivity index (χ3n) is 4.18. The fourth-order valence-electron chi connectivity index (χ4n) is 2.83. The van der Waals surface area contributed by atoms with Crippen LogP contribution >= 0.6 is 23.7 Å². The molecule has 0 radical (unpaired) electrons. The Bertz CT molecular complexity index is 623. The molecule has 1 aliphatic rings. The second-order valence-electron chi connectivity index (χ2n) is 5.53. The molecule has 1 aliphatic heterocycles. The van der Waals surface area contributed by atoms with E-state index in [0.717, 1.165) is 42.9 Å². The Balaban J connectivity index is 0.00000192. The highest BCUT2D eigenvalue weighted by Crippen LogP contribution is 2.23. The van der Waals surface area contributed by atoms with Gasteiger partial charge >= 0.3 is 0 Å². The lowest BCUT2D eigenvalue weighted by atomic mass is 9.91. The molecule has 5 nitrogen and oxygen atoms in total. The van der Waals surface area contributed by atoms with Crippen molar-refractivity contribution in [3.8, 4) is 0 Å². The molecule has 1 aromatic heterocycles. The van der Waals surface area contributed by atoms with E-state index in [9.17, 15) is 4.79 Å². The lowest BCUT2D eigenvalue weighted by Gasteiger charge is -2.34. The van der Waals surface area contributed by atoms with Gasteiger partial charge in [0, 0.05) is 20.1 Å².